The Morgan fingerprint density at radius 2 is 2.24 bits per heavy atom. The first-order valence-corrected chi connectivity index (χ1v) is 8.75. The first kappa shape index (κ1) is 16.5. The summed E-state index contributed by atoms with van der Waals surface area (Å²) >= 11 is 1.77. The average molecular weight is 309 g/mol. The molecule has 0 saturated carbocycles. The minimum Gasteiger partial charge on any atom is -0.354 e. The van der Waals surface area contributed by atoms with Crippen molar-refractivity contribution < 1.29 is 4.79 Å². The molecule has 1 fully saturated rings. The molecule has 2 heterocycles. The number of piperidine rings is 1. The summed E-state index contributed by atoms with van der Waals surface area (Å²) in [6.45, 7) is 7.51. The molecule has 0 bridgehead atoms. The number of carbonyl (C=O) groups excluding carboxylic acids is 1. The molecule has 0 spiro atoms. The van der Waals surface area contributed by atoms with Gasteiger partial charge in [-0.3, -0.25) is 9.69 Å². The zero-order valence-electron chi connectivity index (χ0n) is 13.0. The van der Waals surface area contributed by atoms with E-state index in [0.29, 0.717) is 19.1 Å². The SMILES string of the molecule is CC1CCN(C(CNC(=O)C(C)CN)c2cccs2)CC1. The van der Waals surface area contributed by atoms with Crippen molar-refractivity contribution in [2.45, 2.75) is 32.7 Å². The number of nitrogens with zero attached hydrogens (tertiary/aromatic N) is 1. The van der Waals surface area contributed by atoms with Gasteiger partial charge in [0.2, 0.25) is 5.91 Å². The first-order chi connectivity index (χ1) is 10.1. The molecule has 21 heavy (non-hydrogen) atoms. The smallest absolute Gasteiger partial charge is 0.224 e. The molecule has 4 nitrogen and oxygen atoms in total. The van der Waals surface area contributed by atoms with Gasteiger partial charge in [-0.1, -0.05) is 19.9 Å². The Morgan fingerprint density at radius 3 is 2.81 bits per heavy atom. The van der Waals surface area contributed by atoms with Gasteiger partial charge in [-0.15, -0.1) is 11.3 Å². The number of hydrogen-bond donors (Lipinski definition) is 2. The molecule has 1 amide bonds. The van der Waals surface area contributed by atoms with Gasteiger partial charge >= 0.3 is 0 Å². The van der Waals surface area contributed by atoms with Crippen molar-refractivity contribution in [3.05, 3.63) is 22.4 Å². The van der Waals surface area contributed by atoms with E-state index in [2.05, 4.69) is 34.7 Å². The number of rotatable bonds is 6. The third-order valence-electron chi connectivity index (χ3n) is 4.40. The predicted molar refractivity (Wildman–Crippen MR) is 88.3 cm³/mol. The lowest BCUT2D eigenvalue weighted by Gasteiger charge is -2.36. The first-order valence-electron chi connectivity index (χ1n) is 7.87. The van der Waals surface area contributed by atoms with Crippen molar-refractivity contribution in [2.24, 2.45) is 17.6 Å². The molecular formula is C16H27N3OS. The molecule has 0 radical (unpaired) electrons. The van der Waals surface area contributed by atoms with Gasteiger partial charge in [0.1, 0.15) is 0 Å². The second-order valence-electron chi connectivity index (χ2n) is 6.13. The van der Waals surface area contributed by atoms with E-state index in [1.54, 1.807) is 11.3 Å². The summed E-state index contributed by atoms with van der Waals surface area (Å²) in [5.74, 6) is 0.761. The van der Waals surface area contributed by atoms with E-state index in [0.717, 1.165) is 19.0 Å². The third kappa shape index (κ3) is 4.53. The zero-order valence-corrected chi connectivity index (χ0v) is 13.9. The molecule has 1 aromatic rings. The number of amides is 1. The maximum Gasteiger partial charge on any atom is 0.224 e. The van der Waals surface area contributed by atoms with Gasteiger partial charge in [0.05, 0.1) is 6.04 Å². The van der Waals surface area contributed by atoms with Gasteiger partial charge in [0.15, 0.2) is 0 Å². The Balaban J connectivity index is 1.98. The Bertz CT molecular complexity index is 427. The van der Waals surface area contributed by atoms with Crippen molar-refractivity contribution >= 4 is 17.2 Å². The molecule has 0 aliphatic carbocycles. The van der Waals surface area contributed by atoms with Crippen molar-refractivity contribution in [2.75, 3.05) is 26.2 Å². The fraction of sp³-hybridized carbons (Fsp3) is 0.688. The Hall–Kier alpha value is -0.910. The molecule has 1 saturated heterocycles. The number of likely N-dealkylation sites (tertiary alicyclic amines) is 1. The Labute approximate surface area is 131 Å². The molecule has 0 aromatic carbocycles. The van der Waals surface area contributed by atoms with Crippen LogP contribution in [0.25, 0.3) is 0 Å². The summed E-state index contributed by atoms with van der Waals surface area (Å²) in [6, 6.07) is 4.56. The van der Waals surface area contributed by atoms with Crippen LogP contribution in [0.1, 0.15) is 37.6 Å². The van der Waals surface area contributed by atoms with Crippen LogP contribution in [-0.4, -0.2) is 37.0 Å². The van der Waals surface area contributed by atoms with Gasteiger partial charge in [0, 0.05) is 23.9 Å². The van der Waals surface area contributed by atoms with Crippen LogP contribution < -0.4 is 11.1 Å². The van der Waals surface area contributed by atoms with Crippen molar-refractivity contribution in [3.63, 3.8) is 0 Å². The normalized spacial score (nSPS) is 20.1. The molecule has 1 aromatic heterocycles. The zero-order chi connectivity index (χ0) is 15.2. The summed E-state index contributed by atoms with van der Waals surface area (Å²) in [5, 5.41) is 5.19. The van der Waals surface area contributed by atoms with Gasteiger partial charge in [-0.25, -0.2) is 0 Å². The van der Waals surface area contributed by atoms with E-state index in [9.17, 15) is 4.79 Å². The van der Waals surface area contributed by atoms with E-state index in [-0.39, 0.29) is 11.8 Å². The topological polar surface area (TPSA) is 58.4 Å². The standard InChI is InChI=1S/C16H27N3OS/c1-12-5-7-19(8-6-12)14(15-4-3-9-21-15)11-18-16(20)13(2)10-17/h3-4,9,12-14H,5-8,10-11,17H2,1-2H3,(H,18,20). The van der Waals surface area contributed by atoms with Crippen LogP contribution in [-0.2, 0) is 4.79 Å². The van der Waals surface area contributed by atoms with Crippen LogP contribution in [0.3, 0.4) is 0 Å². The van der Waals surface area contributed by atoms with Crippen LogP contribution in [0.15, 0.2) is 17.5 Å². The van der Waals surface area contributed by atoms with Gasteiger partial charge in [0.25, 0.3) is 0 Å². The van der Waals surface area contributed by atoms with Crippen LogP contribution in [0.4, 0.5) is 0 Å². The second kappa shape index (κ2) is 7.92. The maximum absolute atomic E-state index is 12.0. The number of nitrogens with one attached hydrogen (secondary N) is 1. The van der Waals surface area contributed by atoms with E-state index in [1.165, 1.54) is 17.7 Å². The molecule has 2 rings (SSSR count). The van der Waals surface area contributed by atoms with Crippen LogP contribution in [0.2, 0.25) is 0 Å². The van der Waals surface area contributed by atoms with Gasteiger partial charge in [-0.05, 0) is 43.3 Å². The lowest BCUT2D eigenvalue weighted by molar-refractivity contribution is -0.124. The number of thiophene rings is 1. The third-order valence-corrected chi connectivity index (χ3v) is 5.37. The molecule has 3 N–H and O–H groups in total. The summed E-state index contributed by atoms with van der Waals surface area (Å²) < 4.78 is 0. The summed E-state index contributed by atoms with van der Waals surface area (Å²) in [5.41, 5.74) is 5.56. The van der Waals surface area contributed by atoms with E-state index in [4.69, 9.17) is 5.73 Å². The number of carbonyl (C=O) groups is 1. The minimum atomic E-state index is -0.115. The lowest BCUT2D eigenvalue weighted by Crippen LogP contribution is -2.43. The second-order valence-corrected chi connectivity index (χ2v) is 7.11. The molecule has 5 heteroatoms. The lowest BCUT2D eigenvalue weighted by atomic mass is 9.97. The van der Waals surface area contributed by atoms with Crippen LogP contribution in [0.5, 0.6) is 0 Å². The van der Waals surface area contributed by atoms with Crippen molar-refractivity contribution in [1.82, 2.24) is 10.2 Å². The average Bonchev–Trinajstić information content (AvgIpc) is 3.02. The fourth-order valence-electron chi connectivity index (χ4n) is 2.71. The molecule has 118 valence electrons. The highest BCUT2D eigenvalue weighted by molar-refractivity contribution is 7.10. The molecule has 1 aliphatic rings. The minimum absolute atomic E-state index is 0.0597. The Morgan fingerprint density at radius 1 is 1.52 bits per heavy atom. The van der Waals surface area contributed by atoms with Crippen LogP contribution >= 0.6 is 11.3 Å². The van der Waals surface area contributed by atoms with Crippen molar-refractivity contribution in [1.29, 1.82) is 0 Å². The van der Waals surface area contributed by atoms with E-state index < -0.39 is 0 Å². The quantitative estimate of drug-likeness (QED) is 0.847. The van der Waals surface area contributed by atoms with Gasteiger partial charge < -0.3 is 11.1 Å². The molecule has 2 atom stereocenters. The number of hydrogen-bond acceptors (Lipinski definition) is 4. The Kier molecular flexibility index (Phi) is 6.21. The van der Waals surface area contributed by atoms with E-state index in [1.807, 2.05) is 6.92 Å². The maximum atomic E-state index is 12.0. The number of nitrogens with two attached hydrogens (primary N) is 1. The monoisotopic (exact) mass is 309 g/mol. The highest BCUT2D eigenvalue weighted by Gasteiger charge is 2.26. The molecular weight excluding hydrogens is 282 g/mol. The molecule has 1 aliphatic heterocycles. The predicted octanol–water partition coefficient (Wildman–Crippen LogP) is 2.23. The molecule has 2 unspecified atom stereocenters. The fourth-order valence-corrected chi connectivity index (χ4v) is 3.57. The van der Waals surface area contributed by atoms with Crippen molar-refractivity contribution in [3.8, 4) is 0 Å². The largest absolute Gasteiger partial charge is 0.354 e. The van der Waals surface area contributed by atoms with Crippen LogP contribution in [0, 0.1) is 11.8 Å². The summed E-state index contributed by atoms with van der Waals surface area (Å²) in [7, 11) is 0. The highest BCUT2D eigenvalue weighted by Crippen LogP contribution is 2.29. The summed E-state index contributed by atoms with van der Waals surface area (Å²) in [4.78, 5) is 15.8. The van der Waals surface area contributed by atoms with Gasteiger partial charge in [-0.2, -0.15) is 0 Å². The van der Waals surface area contributed by atoms with E-state index >= 15 is 0 Å². The summed E-state index contributed by atoms with van der Waals surface area (Å²) in [6.07, 6.45) is 2.49. The highest BCUT2D eigenvalue weighted by atomic mass is 32.1.